The Labute approximate surface area is 140 Å². The number of ether oxygens (including phenoxy) is 2. The van der Waals surface area contributed by atoms with E-state index >= 15 is 0 Å². The maximum atomic E-state index is 11.5. The van der Waals surface area contributed by atoms with E-state index in [1.807, 2.05) is 20.8 Å². The number of benzene rings is 1. The van der Waals surface area contributed by atoms with Crippen LogP contribution in [-0.4, -0.2) is 24.5 Å². The van der Waals surface area contributed by atoms with Crippen molar-refractivity contribution in [1.29, 1.82) is 0 Å². The SMILES string of the molecule is CC(C)(C)OC(=O)CCCCCOc1cc(Br)ccc1C=O. The first-order valence-electron chi connectivity index (χ1n) is 7.41. The minimum atomic E-state index is -0.424. The molecule has 1 rings (SSSR count). The molecule has 0 amide bonds. The van der Waals surface area contributed by atoms with Gasteiger partial charge in [0.1, 0.15) is 11.4 Å². The molecule has 0 N–H and O–H groups in total. The van der Waals surface area contributed by atoms with Crippen molar-refractivity contribution in [3.63, 3.8) is 0 Å². The summed E-state index contributed by atoms with van der Waals surface area (Å²) < 4.78 is 11.7. The fourth-order valence-electron chi connectivity index (χ4n) is 1.85. The average Bonchev–Trinajstić information content (AvgIpc) is 2.41. The van der Waals surface area contributed by atoms with Crippen molar-refractivity contribution >= 4 is 28.2 Å². The standard InChI is InChI=1S/C17H23BrO4/c1-17(2,3)22-16(20)7-5-4-6-10-21-15-11-14(18)9-8-13(15)12-19/h8-9,11-12H,4-7,10H2,1-3H3. The molecule has 0 fully saturated rings. The molecule has 0 saturated heterocycles. The predicted octanol–water partition coefficient (Wildman–Crippen LogP) is 4.54. The first-order chi connectivity index (χ1) is 10.3. The molecular formula is C17H23BrO4. The molecular weight excluding hydrogens is 348 g/mol. The van der Waals surface area contributed by atoms with Crippen LogP contribution in [0.15, 0.2) is 22.7 Å². The van der Waals surface area contributed by atoms with E-state index in [2.05, 4.69) is 15.9 Å². The summed E-state index contributed by atoms with van der Waals surface area (Å²) in [5.41, 5.74) is 0.114. The van der Waals surface area contributed by atoms with Crippen LogP contribution in [0.1, 0.15) is 56.8 Å². The molecule has 0 aromatic heterocycles. The molecule has 5 heteroatoms. The summed E-state index contributed by atoms with van der Waals surface area (Å²) in [7, 11) is 0. The number of carbonyl (C=O) groups is 2. The van der Waals surface area contributed by atoms with Crippen LogP contribution < -0.4 is 4.74 Å². The smallest absolute Gasteiger partial charge is 0.306 e. The Morgan fingerprint density at radius 1 is 1.23 bits per heavy atom. The molecule has 0 aliphatic carbocycles. The normalized spacial score (nSPS) is 11.1. The highest BCUT2D eigenvalue weighted by molar-refractivity contribution is 9.10. The lowest BCUT2D eigenvalue weighted by Gasteiger charge is -2.19. The van der Waals surface area contributed by atoms with E-state index < -0.39 is 5.60 Å². The van der Waals surface area contributed by atoms with Gasteiger partial charge in [0.2, 0.25) is 0 Å². The topological polar surface area (TPSA) is 52.6 Å². The van der Waals surface area contributed by atoms with E-state index in [1.165, 1.54) is 0 Å². The van der Waals surface area contributed by atoms with Crippen LogP contribution in [0.25, 0.3) is 0 Å². The fraction of sp³-hybridized carbons (Fsp3) is 0.529. The quantitative estimate of drug-likeness (QED) is 0.382. The molecule has 0 atom stereocenters. The fourth-order valence-corrected chi connectivity index (χ4v) is 2.19. The van der Waals surface area contributed by atoms with Gasteiger partial charge in [-0.25, -0.2) is 0 Å². The number of halogens is 1. The number of carbonyl (C=O) groups excluding carboxylic acids is 2. The third-order valence-corrected chi connectivity index (χ3v) is 3.30. The third-order valence-electron chi connectivity index (χ3n) is 2.81. The molecule has 0 saturated carbocycles. The summed E-state index contributed by atoms with van der Waals surface area (Å²) in [6, 6.07) is 5.30. The van der Waals surface area contributed by atoms with Crippen LogP contribution in [0.3, 0.4) is 0 Å². The Morgan fingerprint density at radius 3 is 2.59 bits per heavy atom. The number of hydrogen-bond acceptors (Lipinski definition) is 4. The van der Waals surface area contributed by atoms with Crippen molar-refractivity contribution in [2.75, 3.05) is 6.61 Å². The zero-order valence-corrected chi connectivity index (χ0v) is 14.9. The van der Waals surface area contributed by atoms with Crippen molar-refractivity contribution in [3.05, 3.63) is 28.2 Å². The summed E-state index contributed by atoms with van der Waals surface area (Å²) in [5, 5.41) is 0. The molecule has 0 heterocycles. The predicted molar refractivity (Wildman–Crippen MR) is 89.3 cm³/mol. The van der Waals surface area contributed by atoms with Gasteiger partial charge in [-0.2, -0.15) is 0 Å². The second kappa shape index (κ2) is 8.93. The van der Waals surface area contributed by atoms with Gasteiger partial charge < -0.3 is 9.47 Å². The molecule has 1 aromatic rings. The molecule has 4 nitrogen and oxygen atoms in total. The highest BCUT2D eigenvalue weighted by Crippen LogP contribution is 2.22. The van der Waals surface area contributed by atoms with Crippen molar-refractivity contribution in [3.8, 4) is 5.75 Å². The second-order valence-electron chi connectivity index (χ2n) is 6.05. The van der Waals surface area contributed by atoms with Gasteiger partial charge in [-0.05, 0) is 58.2 Å². The lowest BCUT2D eigenvalue weighted by atomic mass is 10.1. The number of esters is 1. The van der Waals surface area contributed by atoms with Crippen LogP contribution in [-0.2, 0) is 9.53 Å². The van der Waals surface area contributed by atoms with Crippen molar-refractivity contribution in [1.82, 2.24) is 0 Å². The van der Waals surface area contributed by atoms with Gasteiger partial charge in [0.15, 0.2) is 6.29 Å². The van der Waals surface area contributed by atoms with Gasteiger partial charge in [0.05, 0.1) is 12.2 Å². The van der Waals surface area contributed by atoms with Crippen molar-refractivity contribution in [2.45, 2.75) is 52.1 Å². The molecule has 0 unspecified atom stereocenters. The lowest BCUT2D eigenvalue weighted by Crippen LogP contribution is -2.23. The molecule has 1 aromatic carbocycles. The van der Waals surface area contributed by atoms with E-state index in [9.17, 15) is 9.59 Å². The molecule has 122 valence electrons. The monoisotopic (exact) mass is 370 g/mol. The van der Waals surface area contributed by atoms with E-state index in [4.69, 9.17) is 9.47 Å². The molecule has 0 radical (unpaired) electrons. The first-order valence-corrected chi connectivity index (χ1v) is 8.20. The number of hydrogen-bond donors (Lipinski definition) is 0. The molecule has 22 heavy (non-hydrogen) atoms. The highest BCUT2D eigenvalue weighted by atomic mass is 79.9. The number of aldehydes is 1. The van der Waals surface area contributed by atoms with Gasteiger partial charge in [-0.3, -0.25) is 9.59 Å². The number of rotatable bonds is 8. The van der Waals surface area contributed by atoms with Gasteiger partial charge >= 0.3 is 5.97 Å². The Morgan fingerprint density at radius 2 is 1.95 bits per heavy atom. The van der Waals surface area contributed by atoms with E-state index in [0.29, 0.717) is 24.3 Å². The third kappa shape index (κ3) is 7.59. The minimum Gasteiger partial charge on any atom is -0.493 e. The van der Waals surface area contributed by atoms with Crippen LogP contribution in [0, 0.1) is 0 Å². The Hall–Kier alpha value is -1.36. The van der Waals surface area contributed by atoms with Crippen molar-refractivity contribution < 1.29 is 19.1 Å². The van der Waals surface area contributed by atoms with Gasteiger partial charge in [0, 0.05) is 10.9 Å². The summed E-state index contributed by atoms with van der Waals surface area (Å²) >= 11 is 3.35. The Bertz CT molecular complexity index is 506. The Kier molecular flexibility index (Phi) is 7.59. The second-order valence-corrected chi connectivity index (χ2v) is 6.96. The summed E-state index contributed by atoms with van der Waals surface area (Å²) in [6.45, 7) is 6.11. The molecule has 0 bridgehead atoms. The maximum Gasteiger partial charge on any atom is 0.306 e. The molecule has 0 aliphatic rings. The summed E-state index contributed by atoms with van der Waals surface area (Å²) in [5.74, 6) is 0.417. The minimum absolute atomic E-state index is 0.163. The maximum absolute atomic E-state index is 11.5. The largest absolute Gasteiger partial charge is 0.493 e. The van der Waals surface area contributed by atoms with E-state index in [-0.39, 0.29) is 5.97 Å². The van der Waals surface area contributed by atoms with Gasteiger partial charge in [-0.1, -0.05) is 15.9 Å². The molecule has 0 spiro atoms. The van der Waals surface area contributed by atoms with Crippen LogP contribution in [0.2, 0.25) is 0 Å². The van der Waals surface area contributed by atoms with Crippen molar-refractivity contribution in [2.24, 2.45) is 0 Å². The van der Waals surface area contributed by atoms with Gasteiger partial charge in [0.25, 0.3) is 0 Å². The number of unbranched alkanes of at least 4 members (excludes halogenated alkanes) is 2. The zero-order chi connectivity index (χ0) is 16.6. The Balaban J connectivity index is 2.22. The molecule has 0 aliphatic heterocycles. The zero-order valence-electron chi connectivity index (χ0n) is 13.4. The van der Waals surface area contributed by atoms with E-state index in [1.54, 1.807) is 18.2 Å². The lowest BCUT2D eigenvalue weighted by molar-refractivity contribution is -0.154. The van der Waals surface area contributed by atoms with Crippen LogP contribution >= 0.6 is 15.9 Å². The first kappa shape index (κ1) is 18.7. The van der Waals surface area contributed by atoms with E-state index in [0.717, 1.165) is 30.0 Å². The van der Waals surface area contributed by atoms with Crippen LogP contribution in [0.4, 0.5) is 0 Å². The summed E-state index contributed by atoms with van der Waals surface area (Å²) in [6.07, 6.45) is 3.69. The van der Waals surface area contributed by atoms with Crippen LogP contribution in [0.5, 0.6) is 5.75 Å². The summed E-state index contributed by atoms with van der Waals surface area (Å²) in [4.78, 5) is 22.5. The highest BCUT2D eigenvalue weighted by Gasteiger charge is 2.15. The average molecular weight is 371 g/mol. The van der Waals surface area contributed by atoms with Gasteiger partial charge in [-0.15, -0.1) is 0 Å².